The summed E-state index contributed by atoms with van der Waals surface area (Å²) in [6.07, 6.45) is -2.09. The number of benzene rings is 1. The van der Waals surface area contributed by atoms with E-state index in [0.29, 0.717) is 5.56 Å². The highest BCUT2D eigenvalue weighted by atomic mass is 19.4. The van der Waals surface area contributed by atoms with Crippen molar-refractivity contribution in [1.82, 2.24) is 19.9 Å². The Morgan fingerprint density at radius 2 is 2.17 bits per heavy atom. The molecule has 1 fully saturated rings. The topological polar surface area (TPSA) is 71.2 Å². The lowest BCUT2D eigenvalue weighted by Gasteiger charge is -2.25. The van der Waals surface area contributed by atoms with E-state index >= 15 is 0 Å². The molecule has 1 N–H and O–H groups in total. The molecular formula is C15H15F3N4O2. The normalized spacial score (nSPS) is 21.2. The van der Waals surface area contributed by atoms with Gasteiger partial charge in [0.15, 0.2) is 0 Å². The predicted octanol–water partition coefficient (Wildman–Crippen LogP) is 1.63. The number of rotatable bonds is 3. The van der Waals surface area contributed by atoms with Crippen LogP contribution in [0.1, 0.15) is 23.6 Å². The molecule has 1 saturated heterocycles. The highest BCUT2D eigenvalue weighted by Crippen LogP contribution is 2.36. The van der Waals surface area contributed by atoms with Crippen LogP contribution in [0.25, 0.3) is 0 Å². The molecule has 128 valence electrons. The van der Waals surface area contributed by atoms with Crippen molar-refractivity contribution in [2.45, 2.75) is 31.3 Å². The van der Waals surface area contributed by atoms with Crippen LogP contribution < -0.4 is 0 Å². The maximum absolute atomic E-state index is 12.9. The maximum Gasteiger partial charge on any atom is 0.416 e. The molecule has 0 radical (unpaired) electrons. The molecule has 1 aromatic heterocycles. The van der Waals surface area contributed by atoms with E-state index in [1.165, 1.54) is 34.1 Å². The molecule has 2 unspecified atom stereocenters. The van der Waals surface area contributed by atoms with Gasteiger partial charge < -0.3 is 10.0 Å². The van der Waals surface area contributed by atoms with Crippen molar-refractivity contribution in [2.75, 3.05) is 6.54 Å². The second-order valence-corrected chi connectivity index (χ2v) is 5.68. The quantitative estimate of drug-likeness (QED) is 0.922. The molecule has 0 aliphatic carbocycles. The van der Waals surface area contributed by atoms with E-state index in [9.17, 15) is 23.1 Å². The van der Waals surface area contributed by atoms with Gasteiger partial charge in [-0.05, 0) is 24.1 Å². The third-order valence-corrected chi connectivity index (χ3v) is 3.97. The van der Waals surface area contributed by atoms with Gasteiger partial charge in [0.1, 0.15) is 6.54 Å². The van der Waals surface area contributed by atoms with Crippen molar-refractivity contribution in [2.24, 2.45) is 0 Å². The fourth-order valence-corrected chi connectivity index (χ4v) is 2.87. The average molecular weight is 340 g/mol. The third-order valence-electron chi connectivity index (χ3n) is 3.97. The van der Waals surface area contributed by atoms with Crippen molar-refractivity contribution in [3.63, 3.8) is 0 Å². The molecule has 0 saturated carbocycles. The van der Waals surface area contributed by atoms with Gasteiger partial charge in [-0.15, -0.1) is 5.10 Å². The SMILES string of the molecule is O=C(Cn1ccnn1)N1CC(O)CC1c1cccc(C(F)(F)F)c1. The summed E-state index contributed by atoms with van der Waals surface area (Å²) in [6, 6.07) is 4.25. The lowest BCUT2D eigenvalue weighted by atomic mass is 10.0. The van der Waals surface area contributed by atoms with Crippen molar-refractivity contribution < 1.29 is 23.1 Å². The van der Waals surface area contributed by atoms with E-state index in [4.69, 9.17) is 0 Å². The van der Waals surface area contributed by atoms with Gasteiger partial charge >= 0.3 is 6.18 Å². The molecular weight excluding hydrogens is 325 g/mol. The van der Waals surface area contributed by atoms with Gasteiger partial charge in [0.25, 0.3) is 0 Å². The van der Waals surface area contributed by atoms with E-state index < -0.39 is 23.9 Å². The molecule has 2 atom stereocenters. The van der Waals surface area contributed by atoms with Crippen LogP contribution >= 0.6 is 0 Å². The zero-order valence-electron chi connectivity index (χ0n) is 12.5. The Kier molecular flexibility index (Phi) is 4.27. The maximum atomic E-state index is 12.9. The average Bonchev–Trinajstić information content (AvgIpc) is 3.16. The summed E-state index contributed by atoms with van der Waals surface area (Å²) in [7, 11) is 0. The second-order valence-electron chi connectivity index (χ2n) is 5.68. The van der Waals surface area contributed by atoms with Gasteiger partial charge in [0, 0.05) is 12.7 Å². The van der Waals surface area contributed by atoms with Crippen LogP contribution in [0.5, 0.6) is 0 Å². The van der Waals surface area contributed by atoms with Crippen molar-refractivity contribution in [1.29, 1.82) is 0 Å². The standard InChI is InChI=1S/C15H15F3N4O2/c16-15(17,18)11-3-1-2-10(6-11)13-7-12(23)8-22(13)14(24)9-21-5-4-19-20-21/h1-6,12-13,23H,7-9H2. The molecule has 0 bridgehead atoms. The lowest BCUT2D eigenvalue weighted by molar-refractivity contribution is -0.137. The first-order valence-electron chi connectivity index (χ1n) is 7.33. The molecule has 6 nitrogen and oxygen atoms in total. The van der Waals surface area contributed by atoms with E-state index in [1.54, 1.807) is 0 Å². The monoisotopic (exact) mass is 340 g/mol. The Balaban J connectivity index is 1.84. The fourth-order valence-electron chi connectivity index (χ4n) is 2.87. The van der Waals surface area contributed by atoms with E-state index in [2.05, 4.69) is 10.3 Å². The second kappa shape index (κ2) is 6.23. The number of nitrogens with zero attached hydrogens (tertiary/aromatic N) is 4. The van der Waals surface area contributed by atoms with Gasteiger partial charge in [-0.25, -0.2) is 4.68 Å². The minimum absolute atomic E-state index is 0.0778. The van der Waals surface area contributed by atoms with Gasteiger partial charge in [0.05, 0.1) is 23.9 Å². The summed E-state index contributed by atoms with van der Waals surface area (Å²) in [5.74, 6) is -0.334. The molecule has 0 spiro atoms. The number of hydrogen-bond acceptors (Lipinski definition) is 4. The van der Waals surface area contributed by atoms with Crippen LogP contribution in [0, 0.1) is 0 Å². The number of alkyl halides is 3. The Morgan fingerprint density at radius 3 is 2.83 bits per heavy atom. The molecule has 1 aromatic carbocycles. The first-order chi connectivity index (χ1) is 11.3. The largest absolute Gasteiger partial charge is 0.416 e. The minimum Gasteiger partial charge on any atom is -0.391 e. The first-order valence-corrected chi connectivity index (χ1v) is 7.33. The summed E-state index contributed by atoms with van der Waals surface area (Å²) in [5, 5.41) is 17.2. The Labute approximate surface area is 135 Å². The summed E-state index contributed by atoms with van der Waals surface area (Å²) in [4.78, 5) is 13.8. The minimum atomic E-state index is -4.46. The highest BCUT2D eigenvalue weighted by Gasteiger charge is 2.37. The summed E-state index contributed by atoms with van der Waals surface area (Å²) >= 11 is 0. The molecule has 24 heavy (non-hydrogen) atoms. The van der Waals surface area contributed by atoms with Crippen LogP contribution in [-0.4, -0.2) is 43.6 Å². The molecule has 1 aliphatic heterocycles. The van der Waals surface area contributed by atoms with E-state index in [1.807, 2.05) is 0 Å². The molecule has 3 rings (SSSR count). The zero-order chi connectivity index (χ0) is 17.3. The number of likely N-dealkylation sites (tertiary alicyclic amines) is 1. The van der Waals surface area contributed by atoms with Gasteiger partial charge in [-0.3, -0.25) is 4.79 Å². The van der Waals surface area contributed by atoms with Gasteiger partial charge in [-0.2, -0.15) is 13.2 Å². The van der Waals surface area contributed by atoms with Crippen molar-refractivity contribution in [3.8, 4) is 0 Å². The molecule has 2 heterocycles. The molecule has 1 amide bonds. The number of aliphatic hydroxyl groups excluding tert-OH is 1. The van der Waals surface area contributed by atoms with Crippen molar-refractivity contribution in [3.05, 3.63) is 47.8 Å². The first kappa shape index (κ1) is 16.4. The predicted molar refractivity (Wildman–Crippen MR) is 76.5 cm³/mol. The van der Waals surface area contributed by atoms with Crippen LogP contribution in [0.15, 0.2) is 36.7 Å². The molecule has 9 heteroatoms. The molecule has 2 aromatic rings. The van der Waals surface area contributed by atoms with E-state index in [0.717, 1.165) is 12.1 Å². The van der Waals surface area contributed by atoms with Crippen LogP contribution in [0.4, 0.5) is 13.2 Å². The fraction of sp³-hybridized carbons (Fsp3) is 0.400. The number of carbonyl (C=O) groups is 1. The third kappa shape index (κ3) is 3.40. The van der Waals surface area contributed by atoms with E-state index in [-0.39, 0.29) is 25.4 Å². The number of β-amino-alcohol motifs (C(OH)–C–C–N with tert-alkyl or cyclic N) is 1. The van der Waals surface area contributed by atoms with Crippen LogP contribution in [0.2, 0.25) is 0 Å². The van der Waals surface area contributed by atoms with Gasteiger partial charge in [-0.1, -0.05) is 17.3 Å². The van der Waals surface area contributed by atoms with Crippen molar-refractivity contribution >= 4 is 5.91 Å². The number of hydrogen-bond donors (Lipinski definition) is 1. The number of aromatic nitrogens is 3. The Morgan fingerprint density at radius 1 is 1.38 bits per heavy atom. The molecule has 1 aliphatic rings. The smallest absolute Gasteiger partial charge is 0.391 e. The van der Waals surface area contributed by atoms with Crippen LogP contribution in [0.3, 0.4) is 0 Å². The number of carbonyl (C=O) groups excluding carboxylic acids is 1. The lowest BCUT2D eigenvalue weighted by Crippen LogP contribution is -2.34. The van der Waals surface area contributed by atoms with Gasteiger partial charge in [0.2, 0.25) is 5.91 Å². The highest BCUT2D eigenvalue weighted by molar-refractivity contribution is 5.77. The summed E-state index contributed by atoms with van der Waals surface area (Å²) < 4.78 is 40.0. The number of halogens is 3. The number of aliphatic hydroxyl groups is 1. The zero-order valence-corrected chi connectivity index (χ0v) is 12.5. The van der Waals surface area contributed by atoms with Crippen LogP contribution in [-0.2, 0) is 17.5 Å². The number of amides is 1. The Hall–Kier alpha value is -2.42. The summed E-state index contributed by atoms with van der Waals surface area (Å²) in [5.41, 5.74) is -0.418. The Bertz CT molecular complexity index is 718. The summed E-state index contributed by atoms with van der Waals surface area (Å²) in [6.45, 7) is -0.00335.